The van der Waals surface area contributed by atoms with E-state index >= 15 is 0 Å². The van der Waals surface area contributed by atoms with Crippen LogP contribution in [0.2, 0.25) is 0 Å². The fraction of sp³-hybridized carbons (Fsp3) is 0.421. The molecular weight excluding hydrogens is 364 g/mol. The number of nitrogens with one attached hydrogen (secondary N) is 1. The number of fused-ring (bicyclic) bond motifs is 3. The van der Waals surface area contributed by atoms with Gasteiger partial charge in [0, 0.05) is 55.3 Å². The van der Waals surface area contributed by atoms with Crippen LogP contribution in [0.15, 0.2) is 28.1 Å². The summed E-state index contributed by atoms with van der Waals surface area (Å²) in [5.74, 6) is -0.0252. The maximum Gasteiger partial charge on any atom is 0.298 e. The Labute approximate surface area is 160 Å². The molecular formula is C19H20N4O3S. The van der Waals surface area contributed by atoms with E-state index in [4.69, 9.17) is 14.5 Å². The summed E-state index contributed by atoms with van der Waals surface area (Å²) in [6, 6.07) is 5.24. The number of carbonyl (C=O) groups is 1. The lowest BCUT2D eigenvalue weighted by atomic mass is 9.92. The summed E-state index contributed by atoms with van der Waals surface area (Å²) in [7, 11) is 0. The predicted molar refractivity (Wildman–Crippen MR) is 103 cm³/mol. The van der Waals surface area contributed by atoms with E-state index in [9.17, 15) is 4.79 Å². The monoisotopic (exact) mass is 384 g/mol. The highest BCUT2D eigenvalue weighted by Gasteiger charge is 2.38. The van der Waals surface area contributed by atoms with Gasteiger partial charge in [0.15, 0.2) is 11.4 Å². The van der Waals surface area contributed by atoms with E-state index in [0.717, 1.165) is 23.7 Å². The number of thiazole rings is 1. The van der Waals surface area contributed by atoms with Crippen molar-refractivity contribution in [3.63, 3.8) is 0 Å². The van der Waals surface area contributed by atoms with Crippen LogP contribution >= 0.6 is 11.3 Å². The third-order valence-electron chi connectivity index (χ3n) is 5.25. The van der Waals surface area contributed by atoms with Crippen LogP contribution < -0.4 is 10.2 Å². The number of carbonyl (C=O) groups excluding carboxylic acids is 1. The topological polar surface area (TPSA) is 91.5 Å². The second-order valence-corrected chi connectivity index (χ2v) is 8.02. The number of benzene rings is 1. The number of ketones is 1. The molecule has 0 amide bonds. The number of piperazine rings is 1. The van der Waals surface area contributed by atoms with Gasteiger partial charge in [0.05, 0.1) is 5.56 Å². The first-order valence-electron chi connectivity index (χ1n) is 9.21. The average Bonchev–Trinajstić information content (AvgIpc) is 3.34. The molecule has 3 aromatic rings. The first kappa shape index (κ1) is 16.9. The normalized spacial score (nSPS) is 21.4. The zero-order valence-electron chi connectivity index (χ0n) is 14.7. The van der Waals surface area contributed by atoms with Gasteiger partial charge in [0.25, 0.3) is 6.01 Å². The second kappa shape index (κ2) is 6.70. The summed E-state index contributed by atoms with van der Waals surface area (Å²) >= 11 is 1.53. The van der Waals surface area contributed by atoms with Crippen molar-refractivity contribution in [2.75, 3.05) is 24.6 Å². The first-order valence-corrected chi connectivity index (χ1v) is 10.1. The van der Waals surface area contributed by atoms with E-state index in [2.05, 4.69) is 15.2 Å². The fourth-order valence-electron chi connectivity index (χ4n) is 3.92. The Morgan fingerprint density at radius 1 is 1.37 bits per heavy atom. The van der Waals surface area contributed by atoms with Gasteiger partial charge >= 0.3 is 0 Å². The van der Waals surface area contributed by atoms with Crippen molar-refractivity contribution in [2.45, 2.75) is 31.3 Å². The van der Waals surface area contributed by atoms with Gasteiger partial charge in [0.2, 0.25) is 0 Å². The Balaban J connectivity index is 1.59. The maximum absolute atomic E-state index is 12.6. The van der Waals surface area contributed by atoms with Crippen molar-refractivity contribution in [3.8, 4) is 10.6 Å². The minimum absolute atomic E-state index is 0.000296. The summed E-state index contributed by atoms with van der Waals surface area (Å²) in [6.07, 6.45) is 3.70. The van der Waals surface area contributed by atoms with Crippen molar-refractivity contribution < 1.29 is 14.3 Å². The summed E-state index contributed by atoms with van der Waals surface area (Å²) in [4.78, 5) is 23.9. The highest BCUT2D eigenvalue weighted by Crippen LogP contribution is 2.36. The molecule has 7 nitrogen and oxygen atoms in total. The maximum atomic E-state index is 12.6. The molecule has 8 heteroatoms. The number of hydrogen-bond donors (Lipinski definition) is 2. The van der Waals surface area contributed by atoms with Crippen LogP contribution in [0.1, 0.15) is 29.6 Å². The quantitative estimate of drug-likeness (QED) is 0.631. The molecule has 6 rings (SSSR count). The highest BCUT2D eigenvalue weighted by molar-refractivity contribution is 7.13. The predicted octanol–water partition coefficient (Wildman–Crippen LogP) is 2.46. The molecule has 2 atom stereocenters. The SMILES string of the molecule is O=C(CCCO)c1ccc(-c2nccs2)c2oc(N3CC4CC(C3)N4)nc12. The Hall–Kier alpha value is -2.29. The molecule has 27 heavy (non-hydrogen) atoms. The molecule has 140 valence electrons. The molecule has 2 aromatic heterocycles. The van der Waals surface area contributed by atoms with Crippen molar-refractivity contribution in [2.24, 2.45) is 0 Å². The standard InChI is InChI=1S/C19H20N4O3S/c24-6-1-2-15(25)13-3-4-14(18-20-5-7-27-18)17-16(13)22-19(26-17)23-9-11-8-12(10-23)21-11/h3-5,7,11-12,21,24H,1-2,6,8-10H2. The molecule has 2 unspecified atom stereocenters. The lowest BCUT2D eigenvalue weighted by molar-refractivity contribution is 0.0972. The van der Waals surface area contributed by atoms with E-state index in [1.54, 1.807) is 12.3 Å². The van der Waals surface area contributed by atoms with Crippen LogP contribution in [0.25, 0.3) is 21.7 Å². The van der Waals surface area contributed by atoms with Gasteiger partial charge in [0.1, 0.15) is 10.5 Å². The third kappa shape index (κ3) is 2.93. The molecule has 1 aromatic carbocycles. The van der Waals surface area contributed by atoms with Gasteiger partial charge in [-0.3, -0.25) is 4.79 Å². The van der Waals surface area contributed by atoms with Crippen LogP contribution in [0, 0.1) is 0 Å². The number of anilines is 1. The van der Waals surface area contributed by atoms with E-state index in [-0.39, 0.29) is 12.4 Å². The van der Waals surface area contributed by atoms with Crippen molar-refractivity contribution in [1.29, 1.82) is 0 Å². The third-order valence-corrected chi connectivity index (χ3v) is 6.06. The Morgan fingerprint density at radius 2 is 2.19 bits per heavy atom. The molecule has 3 fully saturated rings. The van der Waals surface area contributed by atoms with E-state index < -0.39 is 0 Å². The van der Waals surface area contributed by atoms with Crippen LogP contribution in [-0.2, 0) is 0 Å². The van der Waals surface area contributed by atoms with Crippen LogP contribution in [0.5, 0.6) is 0 Å². The number of rotatable bonds is 6. The van der Waals surface area contributed by atoms with Gasteiger partial charge < -0.3 is 19.7 Å². The van der Waals surface area contributed by atoms with Gasteiger partial charge in [-0.1, -0.05) is 0 Å². The Bertz CT molecular complexity index is 968. The number of aliphatic hydroxyl groups excluding tert-OH is 1. The van der Waals surface area contributed by atoms with E-state index in [1.165, 1.54) is 17.8 Å². The average molecular weight is 384 g/mol. The largest absolute Gasteiger partial charge is 0.423 e. The number of aromatic nitrogens is 2. The zero-order chi connectivity index (χ0) is 18.4. The summed E-state index contributed by atoms with van der Waals surface area (Å²) in [5, 5.41) is 15.3. The Kier molecular flexibility index (Phi) is 4.18. The van der Waals surface area contributed by atoms with Crippen molar-refractivity contribution in [1.82, 2.24) is 15.3 Å². The number of aliphatic hydroxyl groups is 1. The molecule has 0 radical (unpaired) electrons. The van der Waals surface area contributed by atoms with E-state index in [1.807, 2.05) is 11.4 Å². The molecule has 3 aliphatic rings. The summed E-state index contributed by atoms with van der Waals surface area (Å²) in [6.45, 7) is 1.73. The number of nitrogens with zero attached hydrogens (tertiary/aromatic N) is 3. The van der Waals surface area contributed by atoms with Gasteiger partial charge in [-0.15, -0.1) is 11.3 Å². The summed E-state index contributed by atoms with van der Waals surface area (Å²) < 4.78 is 6.18. The number of piperidine rings is 1. The highest BCUT2D eigenvalue weighted by atomic mass is 32.1. The smallest absolute Gasteiger partial charge is 0.298 e. The lowest BCUT2D eigenvalue weighted by Crippen LogP contribution is -2.67. The zero-order valence-corrected chi connectivity index (χ0v) is 15.5. The molecule has 3 aliphatic heterocycles. The summed E-state index contributed by atoms with van der Waals surface area (Å²) in [5.41, 5.74) is 2.61. The van der Waals surface area contributed by atoms with Crippen LogP contribution in [0.3, 0.4) is 0 Å². The number of hydrogen-bond acceptors (Lipinski definition) is 8. The molecule has 2 bridgehead atoms. The van der Waals surface area contributed by atoms with Crippen LogP contribution in [0.4, 0.5) is 6.01 Å². The van der Waals surface area contributed by atoms with Crippen molar-refractivity contribution in [3.05, 3.63) is 29.3 Å². The van der Waals surface area contributed by atoms with Gasteiger partial charge in [-0.25, -0.2) is 4.98 Å². The minimum atomic E-state index is -0.0252. The Morgan fingerprint density at radius 3 is 2.89 bits per heavy atom. The van der Waals surface area contributed by atoms with Gasteiger partial charge in [-0.2, -0.15) is 4.98 Å². The van der Waals surface area contributed by atoms with Crippen molar-refractivity contribution >= 4 is 34.2 Å². The molecule has 0 aliphatic carbocycles. The van der Waals surface area contributed by atoms with Gasteiger partial charge in [-0.05, 0) is 25.0 Å². The second-order valence-electron chi connectivity index (χ2n) is 7.12. The molecule has 3 saturated heterocycles. The molecule has 5 heterocycles. The minimum Gasteiger partial charge on any atom is -0.423 e. The van der Waals surface area contributed by atoms with Crippen LogP contribution in [-0.4, -0.2) is 52.6 Å². The first-order chi connectivity index (χ1) is 13.2. The molecule has 2 N–H and O–H groups in total. The molecule has 0 spiro atoms. The number of Topliss-reactive ketones (excluding diaryl/α,β-unsaturated/α-hetero) is 1. The number of oxazole rings is 1. The fourth-order valence-corrected chi connectivity index (χ4v) is 4.58. The van der Waals surface area contributed by atoms with E-state index in [0.29, 0.717) is 47.6 Å². The molecule has 0 saturated carbocycles. The lowest BCUT2D eigenvalue weighted by Gasteiger charge is -2.47.